The predicted octanol–water partition coefficient (Wildman–Crippen LogP) is 1.16. The zero-order chi connectivity index (χ0) is 13.1. The molecule has 0 radical (unpaired) electrons. The van der Waals surface area contributed by atoms with Crippen molar-refractivity contribution >= 4 is 11.6 Å². The van der Waals surface area contributed by atoms with Crippen LogP contribution in [0.4, 0.5) is 5.69 Å². The zero-order valence-corrected chi connectivity index (χ0v) is 11.0. The van der Waals surface area contributed by atoms with E-state index in [1.54, 1.807) is 6.92 Å². The van der Waals surface area contributed by atoms with Crippen LogP contribution < -0.4 is 4.90 Å². The number of carbonyl (C=O) groups excluding carboxylic acids is 1. The number of hydrogen-bond donors (Lipinski definition) is 1. The van der Waals surface area contributed by atoms with Gasteiger partial charge in [-0.2, -0.15) is 0 Å². The molecule has 1 aliphatic heterocycles. The Bertz CT molecular complexity index is 437. The third-order valence-electron chi connectivity index (χ3n) is 3.51. The first-order valence-corrected chi connectivity index (χ1v) is 6.32. The summed E-state index contributed by atoms with van der Waals surface area (Å²) in [5.41, 5.74) is 3.33. The molecule has 0 aromatic heterocycles. The van der Waals surface area contributed by atoms with Gasteiger partial charge < -0.3 is 14.9 Å². The Labute approximate surface area is 108 Å². The van der Waals surface area contributed by atoms with Gasteiger partial charge in [0.15, 0.2) is 0 Å². The monoisotopic (exact) mass is 248 g/mol. The van der Waals surface area contributed by atoms with Crippen molar-refractivity contribution in [3.05, 3.63) is 29.3 Å². The molecule has 2 rings (SSSR count). The molecule has 0 unspecified atom stereocenters. The van der Waals surface area contributed by atoms with Crippen molar-refractivity contribution < 1.29 is 9.90 Å². The van der Waals surface area contributed by atoms with Gasteiger partial charge in [0.2, 0.25) is 5.91 Å². The topological polar surface area (TPSA) is 43.8 Å². The minimum absolute atomic E-state index is 0.0826. The maximum absolute atomic E-state index is 11.3. The first kappa shape index (κ1) is 12.9. The Hall–Kier alpha value is -1.55. The summed E-state index contributed by atoms with van der Waals surface area (Å²) < 4.78 is 0. The molecular formula is C14H20N2O2. The Morgan fingerprint density at radius 2 is 1.94 bits per heavy atom. The second kappa shape index (κ2) is 5.40. The summed E-state index contributed by atoms with van der Waals surface area (Å²) in [6.07, 6.45) is 0. The van der Waals surface area contributed by atoms with Gasteiger partial charge in [-0.15, -0.1) is 0 Å². The normalized spacial score (nSPS) is 15.9. The van der Waals surface area contributed by atoms with Gasteiger partial charge in [0.25, 0.3) is 0 Å². The fourth-order valence-electron chi connectivity index (χ4n) is 2.43. The largest absolute Gasteiger partial charge is 0.392 e. The summed E-state index contributed by atoms with van der Waals surface area (Å²) in [4.78, 5) is 15.5. The highest BCUT2D eigenvalue weighted by Crippen LogP contribution is 2.22. The summed E-state index contributed by atoms with van der Waals surface area (Å²) >= 11 is 0. The molecule has 98 valence electrons. The van der Waals surface area contributed by atoms with E-state index in [4.69, 9.17) is 5.11 Å². The molecule has 0 spiro atoms. The summed E-state index contributed by atoms with van der Waals surface area (Å²) in [7, 11) is 0. The highest BCUT2D eigenvalue weighted by Gasteiger charge is 2.19. The lowest BCUT2D eigenvalue weighted by atomic mass is 10.1. The molecule has 18 heavy (non-hydrogen) atoms. The Kier molecular flexibility index (Phi) is 3.87. The van der Waals surface area contributed by atoms with Crippen molar-refractivity contribution in [2.24, 2.45) is 0 Å². The fraction of sp³-hybridized carbons (Fsp3) is 0.500. The van der Waals surface area contributed by atoms with Crippen LogP contribution in [0.15, 0.2) is 18.2 Å². The highest BCUT2D eigenvalue weighted by molar-refractivity contribution is 5.73. The predicted molar refractivity (Wildman–Crippen MR) is 71.6 cm³/mol. The van der Waals surface area contributed by atoms with E-state index in [9.17, 15) is 4.79 Å². The number of aliphatic hydroxyl groups is 1. The van der Waals surface area contributed by atoms with Crippen molar-refractivity contribution in [3.8, 4) is 0 Å². The summed E-state index contributed by atoms with van der Waals surface area (Å²) in [6.45, 7) is 7.09. The molecule has 0 bridgehead atoms. The number of rotatable bonds is 2. The number of carbonyl (C=O) groups is 1. The maximum Gasteiger partial charge on any atom is 0.219 e. The molecule has 1 amide bonds. The van der Waals surface area contributed by atoms with E-state index in [1.807, 2.05) is 17.0 Å². The van der Waals surface area contributed by atoms with Crippen molar-refractivity contribution in [1.82, 2.24) is 4.90 Å². The number of aryl methyl sites for hydroxylation is 1. The number of piperazine rings is 1. The van der Waals surface area contributed by atoms with Crippen LogP contribution in [0.3, 0.4) is 0 Å². The van der Waals surface area contributed by atoms with Crippen LogP contribution in [0, 0.1) is 6.92 Å². The van der Waals surface area contributed by atoms with Crippen molar-refractivity contribution in [2.75, 3.05) is 31.1 Å². The summed E-state index contributed by atoms with van der Waals surface area (Å²) in [5.74, 6) is 0.155. The SMILES string of the molecule is CC(=O)N1CCN(c2ccc(CO)cc2C)CC1. The molecule has 1 aromatic rings. The Morgan fingerprint density at radius 3 is 2.44 bits per heavy atom. The number of amides is 1. The maximum atomic E-state index is 11.3. The molecule has 4 heteroatoms. The molecule has 1 heterocycles. The lowest BCUT2D eigenvalue weighted by molar-refractivity contribution is -0.129. The first-order valence-electron chi connectivity index (χ1n) is 6.32. The summed E-state index contributed by atoms with van der Waals surface area (Å²) in [6, 6.07) is 6.04. The standard InChI is InChI=1S/C14H20N2O2/c1-11-9-13(10-17)3-4-14(11)16-7-5-15(6-8-16)12(2)18/h3-4,9,17H,5-8,10H2,1-2H3. The quantitative estimate of drug-likeness (QED) is 0.854. The molecule has 1 aromatic carbocycles. The molecule has 4 nitrogen and oxygen atoms in total. The number of aliphatic hydroxyl groups excluding tert-OH is 1. The second-order valence-electron chi connectivity index (χ2n) is 4.77. The molecule has 0 aliphatic carbocycles. The van der Waals surface area contributed by atoms with Gasteiger partial charge in [-0.25, -0.2) is 0 Å². The van der Waals surface area contributed by atoms with Gasteiger partial charge in [-0.1, -0.05) is 12.1 Å². The third kappa shape index (κ3) is 2.64. The second-order valence-corrected chi connectivity index (χ2v) is 4.77. The van der Waals surface area contributed by atoms with Crippen LogP contribution >= 0.6 is 0 Å². The van der Waals surface area contributed by atoms with Crippen LogP contribution in [0.25, 0.3) is 0 Å². The van der Waals surface area contributed by atoms with E-state index in [0.29, 0.717) is 0 Å². The lowest BCUT2D eigenvalue weighted by Gasteiger charge is -2.36. The van der Waals surface area contributed by atoms with E-state index in [-0.39, 0.29) is 12.5 Å². The minimum Gasteiger partial charge on any atom is -0.392 e. The van der Waals surface area contributed by atoms with Gasteiger partial charge in [0.05, 0.1) is 6.61 Å². The number of nitrogens with zero attached hydrogens (tertiary/aromatic N) is 2. The van der Waals surface area contributed by atoms with Crippen LogP contribution in [-0.4, -0.2) is 42.1 Å². The molecule has 1 saturated heterocycles. The number of benzene rings is 1. The Balaban J connectivity index is 2.07. The van der Waals surface area contributed by atoms with Crippen molar-refractivity contribution in [3.63, 3.8) is 0 Å². The molecular weight excluding hydrogens is 228 g/mol. The van der Waals surface area contributed by atoms with Gasteiger partial charge in [-0.3, -0.25) is 4.79 Å². The number of hydrogen-bond acceptors (Lipinski definition) is 3. The van der Waals surface area contributed by atoms with Gasteiger partial charge >= 0.3 is 0 Å². The summed E-state index contributed by atoms with van der Waals surface area (Å²) in [5, 5.41) is 9.10. The average molecular weight is 248 g/mol. The van der Waals surface area contributed by atoms with E-state index in [2.05, 4.69) is 17.9 Å². The molecule has 1 aliphatic rings. The molecule has 1 N–H and O–H groups in total. The molecule has 1 fully saturated rings. The van der Waals surface area contributed by atoms with Crippen molar-refractivity contribution in [1.29, 1.82) is 0 Å². The van der Waals surface area contributed by atoms with Crippen LogP contribution in [0.1, 0.15) is 18.1 Å². The lowest BCUT2D eigenvalue weighted by Crippen LogP contribution is -2.48. The highest BCUT2D eigenvalue weighted by atomic mass is 16.3. The van der Waals surface area contributed by atoms with Crippen molar-refractivity contribution in [2.45, 2.75) is 20.5 Å². The van der Waals surface area contributed by atoms with E-state index in [1.165, 1.54) is 11.3 Å². The minimum atomic E-state index is 0.0826. The Morgan fingerprint density at radius 1 is 1.28 bits per heavy atom. The van der Waals surface area contributed by atoms with E-state index < -0.39 is 0 Å². The zero-order valence-electron chi connectivity index (χ0n) is 11.0. The average Bonchev–Trinajstić information content (AvgIpc) is 2.38. The molecule has 0 atom stereocenters. The van der Waals surface area contributed by atoms with Gasteiger partial charge in [0.1, 0.15) is 0 Å². The third-order valence-corrected chi connectivity index (χ3v) is 3.51. The smallest absolute Gasteiger partial charge is 0.219 e. The number of anilines is 1. The van der Waals surface area contributed by atoms with E-state index >= 15 is 0 Å². The van der Waals surface area contributed by atoms with Crippen LogP contribution in [0.5, 0.6) is 0 Å². The fourth-order valence-corrected chi connectivity index (χ4v) is 2.43. The van der Waals surface area contributed by atoms with Gasteiger partial charge in [0, 0.05) is 38.8 Å². The molecule has 0 saturated carbocycles. The first-order chi connectivity index (χ1) is 8.61. The van der Waals surface area contributed by atoms with E-state index in [0.717, 1.165) is 31.7 Å². The van der Waals surface area contributed by atoms with Gasteiger partial charge in [-0.05, 0) is 24.1 Å². The van der Waals surface area contributed by atoms with Crippen LogP contribution in [-0.2, 0) is 11.4 Å². The van der Waals surface area contributed by atoms with Crippen LogP contribution in [0.2, 0.25) is 0 Å².